The van der Waals surface area contributed by atoms with Crippen LogP contribution in [0.4, 0.5) is 13.2 Å². The van der Waals surface area contributed by atoms with E-state index in [9.17, 15) is 18.0 Å². The molecule has 0 spiro atoms. The highest BCUT2D eigenvalue weighted by Crippen LogP contribution is 2.65. The summed E-state index contributed by atoms with van der Waals surface area (Å²) in [7, 11) is 0. The van der Waals surface area contributed by atoms with Crippen molar-refractivity contribution in [3.8, 4) is 5.75 Å². The molecule has 0 unspecified atom stereocenters. The molecule has 3 aromatic rings. The van der Waals surface area contributed by atoms with Crippen molar-refractivity contribution in [2.45, 2.75) is 55.3 Å². The Morgan fingerprint density at radius 1 is 1.12 bits per heavy atom. The number of pyridine rings is 1. The van der Waals surface area contributed by atoms with Gasteiger partial charge >= 0.3 is 6.36 Å². The number of nitrogens with two attached hydrogens (primary N) is 1. The number of amides is 1. The molecular weight excluding hydrogens is 447 g/mol. The Morgan fingerprint density at radius 3 is 2.41 bits per heavy atom. The van der Waals surface area contributed by atoms with Gasteiger partial charge in [-0.1, -0.05) is 0 Å². The summed E-state index contributed by atoms with van der Waals surface area (Å²) in [4.78, 5) is 27.4. The van der Waals surface area contributed by atoms with Gasteiger partial charge in [0.05, 0.1) is 0 Å². The molecule has 178 valence electrons. The molecule has 1 aromatic carbocycles. The van der Waals surface area contributed by atoms with Crippen LogP contribution in [0.25, 0.3) is 11.2 Å². The Hall–Kier alpha value is -3.14. The zero-order valence-corrected chi connectivity index (χ0v) is 18.4. The molecule has 1 amide bonds. The highest BCUT2D eigenvalue weighted by molar-refractivity contribution is 5.94. The van der Waals surface area contributed by atoms with Crippen molar-refractivity contribution in [2.75, 3.05) is 13.1 Å². The maximum absolute atomic E-state index is 12.9. The van der Waals surface area contributed by atoms with Crippen molar-refractivity contribution in [2.24, 2.45) is 5.73 Å². The molecule has 1 saturated heterocycles. The summed E-state index contributed by atoms with van der Waals surface area (Å²) in [5.74, 6) is 0.698. The molecule has 4 aliphatic rings. The SMILES string of the molecule is NC12CC(c3nc4c(C5CCN(C(=O)c6ccc(OC(F)(F)F)cc6)CC5)ccnc4[nH]3)(C1)C2. The number of imidazole rings is 1. The molecule has 1 aliphatic heterocycles. The number of likely N-dealkylation sites (tertiary alicyclic amines) is 1. The lowest BCUT2D eigenvalue weighted by molar-refractivity contribution is -0.274. The number of fused-ring (bicyclic) bond motifs is 1. The average molecular weight is 471 g/mol. The molecule has 3 aliphatic carbocycles. The molecule has 3 heterocycles. The fraction of sp³-hybridized carbons (Fsp3) is 0.458. The highest BCUT2D eigenvalue weighted by atomic mass is 19.4. The highest BCUT2D eigenvalue weighted by Gasteiger charge is 2.68. The third-order valence-corrected chi connectivity index (χ3v) is 7.55. The van der Waals surface area contributed by atoms with Gasteiger partial charge in [0.15, 0.2) is 5.65 Å². The maximum Gasteiger partial charge on any atom is 0.573 e. The summed E-state index contributed by atoms with van der Waals surface area (Å²) in [6.07, 6.45) is 1.51. The Labute approximate surface area is 193 Å². The summed E-state index contributed by atoms with van der Waals surface area (Å²) >= 11 is 0. The van der Waals surface area contributed by atoms with Gasteiger partial charge in [0.2, 0.25) is 0 Å². The van der Waals surface area contributed by atoms with Crippen LogP contribution in [0.3, 0.4) is 0 Å². The van der Waals surface area contributed by atoms with Crippen LogP contribution in [0.5, 0.6) is 5.75 Å². The van der Waals surface area contributed by atoms with E-state index in [2.05, 4.69) is 14.7 Å². The topological polar surface area (TPSA) is 97.1 Å². The molecule has 2 bridgehead atoms. The number of nitrogens with zero attached hydrogens (tertiary/aromatic N) is 3. The lowest BCUT2D eigenvalue weighted by Crippen LogP contribution is -2.74. The molecule has 3 saturated carbocycles. The lowest BCUT2D eigenvalue weighted by Gasteiger charge is -2.67. The number of nitrogens with one attached hydrogen (secondary N) is 1. The van der Waals surface area contributed by atoms with Crippen molar-refractivity contribution in [3.63, 3.8) is 0 Å². The van der Waals surface area contributed by atoms with Gasteiger partial charge in [-0.2, -0.15) is 0 Å². The van der Waals surface area contributed by atoms with Crippen molar-refractivity contribution in [3.05, 3.63) is 53.5 Å². The van der Waals surface area contributed by atoms with E-state index in [-0.39, 0.29) is 28.5 Å². The number of hydrogen-bond donors (Lipinski definition) is 2. The number of aromatic amines is 1. The van der Waals surface area contributed by atoms with Crippen LogP contribution in [0, 0.1) is 0 Å². The first-order valence-electron chi connectivity index (χ1n) is 11.4. The second-order valence-corrected chi connectivity index (χ2v) is 9.99. The largest absolute Gasteiger partial charge is 0.573 e. The van der Waals surface area contributed by atoms with Crippen molar-refractivity contribution in [1.29, 1.82) is 0 Å². The fourth-order valence-electron chi connectivity index (χ4n) is 6.00. The number of benzene rings is 1. The van der Waals surface area contributed by atoms with Gasteiger partial charge in [0.1, 0.15) is 17.1 Å². The van der Waals surface area contributed by atoms with Crippen LogP contribution in [-0.2, 0) is 5.41 Å². The molecule has 3 N–H and O–H groups in total. The van der Waals surface area contributed by atoms with Crippen LogP contribution in [0.2, 0.25) is 0 Å². The summed E-state index contributed by atoms with van der Waals surface area (Å²) in [6.45, 7) is 1.12. The molecular formula is C24H24F3N5O2. The quantitative estimate of drug-likeness (QED) is 0.599. The van der Waals surface area contributed by atoms with E-state index in [1.165, 1.54) is 12.1 Å². The monoisotopic (exact) mass is 471 g/mol. The van der Waals surface area contributed by atoms with Crippen LogP contribution < -0.4 is 10.5 Å². The average Bonchev–Trinajstić information content (AvgIpc) is 3.19. The predicted molar refractivity (Wildman–Crippen MR) is 117 cm³/mol. The van der Waals surface area contributed by atoms with Gasteiger partial charge in [-0.3, -0.25) is 4.79 Å². The van der Waals surface area contributed by atoms with Gasteiger partial charge in [-0.25, -0.2) is 9.97 Å². The Morgan fingerprint density at radius 2 is 1.79 bits per heavy atom. The number of rotatable bonds is 4. The Bertz CT molecular complexity index is 1240. The number of H-pyrrole nitrogens is 1. The lowest BCUT2D eigenvalue weighted by atomic mass is 9.39. The van der Waals surface area contributed by atoms with Crippen molar-refractivity contribution in [1.82, 2.24) is 19.9 Å². The van der Waals surface area contributed by atoms with Gasteiger partial charge < -0.3 is 20.4 Å². The minimum Gasteiger partial charge on any atom is -0.406 e. The molecule has 10 heteroatoms. The number of alkyl halides is 3. The van der Waals surface area contributed by atoms with Crippen molar-refractivity contribution < 1.29 is 22.7 Å². The third kappa shape index (κ3) is 3.51. The smallest absolute Gasteiger partial charge is 0.406 e. The van der Waals surface area contributed by atoms with Gasteiger partial charge in [0.25, 0.3) is 5.91 Å². The number of hydrogen-bond acceptors (Lipinski definition) is 5. The Balaban J connectivity index is 1.13. The molecule has 0 radical (unpaired) electrons. The molecule has 4 fully saturated rings. The van der Waals surface area contributed by atoms with E-state index in [1.807, 2.05) is 6.07 Å². The minimum absolute atomic E-state index is 0.000272. The van der Waals surface area contributed by atoms with E-state index in [0.717, 1.165) is 66.8 Å². The predicted octanol–water partition coefficient (Wildman–Crippen LogP) is 4.01. The number of carbonyl (C=O) groups excluding carboxylic acids is 1. The van der Waals surface area contributed by atoms with E-state index in [0.29, 0.717) is 18.7 Å². The first kappa shape index (κ1) is 21.4. The molecule has 0 atom stereocenters. The summed E-state index contributed by atoms with van der Waals surface area (Å²) in [5.41, 5.74) is 9.49. The third-order valence-electron chi connectivity index (χ3n) is 7.55. The number of ether oxygens (including phenoxy) is 1. The zero-order valence-electron chi connectivity index (χ0n) is 18.4. The molecule has 34 heavy (non-hydrogen) atoms. The number of piperidine rings is 1. The van der Waals surface area contributed by atoms with Gasteiger partial charge in [0, 0.05) is 35.8 Å². The van der Waals surface area contributed by atoms with Crippen LogP contribution in [0.1, 0.15) is 59.8 Å². The van der Waals surface area contributed by atoms with Crippen LogP contribution in [-0.4, -0.2) is 50.7 Å². The molecule has 7 nitrogen and oxygen atoms in total. The van der Waals surface area contributed by atoms with E-state index >= 15 is 0 Å². The molecule has 7 rings (SSSR count). The summed E-state index contributed by atoms with van der Waals surface area (Å²) < 4.78 is 40.9. The number of halogens is 3. The number of aromatic nitrogens is 3. The summed E-state index contributed by atoms with van der Waals surface area (Å²) in [5, 5.41) is 0. The second-order valence-electron chi connectivity index (χ2n) is 9.99. The summed E-state index contributed by atoms with van der Waals surface area (Å²) in [6, 6.07) is 7.07. The fourth-order valence-corrected chi connectivity index (χ4v) is 6.00. The van der Waals surface area contributed by atoms with Crippen LogP contribution in [0.15, 0.2) is 36.5 Å². The van der Waals surface area contributed by atoms with Crippen LogP contribution >= 0.6 is 0 Å². The zero-order chi connectivity index (χ0) is 23.7. The normalized spacial score (nSPS) is 26.8. The van der Waals surface area contributed by atoms with E-state index < -0.39 is 6.36 Å². The standard InChI is InChI=1S/C24H24F3N5O2/c25-24(26,27)34-16-3-1-15(2-4-16)20(33)32-9-6-14(7-10-32)17-5-8-29-19-18(17)30-21(31-19)22-11-23(28,12-22)13-22/h1-5,8,14H,6-7,9-13,28H2,(H,29,30,31). The Kier molecular flexibility index (Phi) is 4.52. The number of carbonyl (C=O) groups is 1. The maximum atomic E-state index is 12.9. The minimum atomic E-state index is -4.76. The van der Waals surface area contributed by atoms with Crippen molar-refractivity contribution >= 4 is 17.1 Å². The first-order valence-corrected chi connectivity index (χ1v) is 11.4. The molecule has 2 aromatic heterocycles. The van der Waals surface area contributed by atoms with Gasteiger partial charge in [-0.15, -0.1) is 13.2 Å². The van der Waals surface area contributed by atoms with E-state index in [1.54, 1.807) is 11.1 Å². The first-order chi connectivity index (χ1) is 16.1. The second kappa shape index (κ2) is 7.18. The van der Waals surface area contributed by atoms with E-state index in [4.69, 9.17) is 10.7 Å². The van der Waals surface area contributed by atoms with Gasteiger partial charge in [-0.05, 0) is 73.9 Å².